The van der Waals surface area contributed by atoms with Gasteiger partial charge in [0, 0.05) is 4.70 Å². The Labute approximate surface area is 113 Å². The van der Waals surface area contributed by atoms with Crippen LogP contribution in [0, 0.1) is 6.92 Å². The fraction of sp³-hybridized carbons (Fsp3) is 0.176. The molecule has 0 bridgehead atoms. The third-order valence-electron chi connectivity index (χ3n) is 2.93. The lowest BCUT2D eigenvalue weighted by molar-refractivity contribution is 1.46. The van der Waals surface area contributed by atoms with E-state index in [9.17, 15) is 0 Å². The van der Waals surface area contributed by atoms with Crippen molar-refractivity contribution in [2.24, 2.45) is 0 Å². The maximum absolute atomic E-state index is 2.27. The molecule has 1 aromatic heterocycles. The van der Waals surface area contributed by atoms with Crippen LogP contribution in [0.4, 0.5) is 0 Å². The Balaban J connectivity index is 2.70. The lowest BCUT2D eigenvalue weighted by Crippen LogP contribution is -1.86. The van der Waals surface area contributed by atoms with Gasteiger partial charge in [0.2, 0.25) is 0 Å². The number of hydrogen-bond donors (Lipinski definition) is 0. The SMILES string of the molecule is C/C=C\c1c(C)cc2ccsc2c1/C=C/C=C/C. The number of benzene rings is 1. The molecular weight excluding hydrogens is 236 g/mol. The molecule has 0 radical (unpaired) electrons. The molecule has 0 atom stereocenters. The van der Waals surface area contributed by atoms with Gasteiger partial charge in [0.15, 0.2) is 0 Å². The van der Waals surface area contributed by atoms with Crippen molar-refractivity contribution in [1.82, 2.24) is 0 Å². The van der Waals surface area contributed by atoms with Crippen LogP contribution in [0.15, 0.2) is 41.8 Å². The lowest BCUT2D eigenvalue weighted by Gasteiger charge is -2.07. The van der Waals surface area contributed by atoms with E-state index in [0.717, 1.165) is 0 Å². The summed E-state index contributed by atoms with van der Waals surface area (Å²) < 4.78 is 1.37. The Morgan fingerprint density at radius 2 is 1.83 bits per heavy atom. The predicted octanol–water partition coefficient (Wildman–Crippen LogP) is 5.83. The zero-order valence-corrected chi connectivity index (χ0v) is 11.9. The molecule has 0 aliphatic heterocycles. The third-order valence-corrected chi connectivity index (χ3v) is 3.89. The Morgan fingerprint density at radius 1 is 1.00 bits per heavy atom. The molecule has 0 saturated heterocycles. The fourth-order valence-electron chi connectivity index (χ4n) is 2.11. The molecule has 0 aliphatic rings. The second-order valence-corrected chi connectivity index (χ2v) is 5.16. The van der Waals surface area contributed by atoms with Crippen LogP contribution in [-0.4, -0.2) is 0 Å². The Hall–Kier alpha value is -1.60. The van der Waals surface area contributed by atoms with Crippen LogP contribution in [0.5, 0.6) is 0 Å². The van der Waals surface area contributed by atoms with Gasteiger partial charge in [-0.15, -0.1) is 11.3 Å². The van der Waals surface area contributed by atoms with Crippen LogP contribution in [0.25, 0.3) is 22.2 Å². The average Bonchev–Trinajstić information content (AvgIpc) is 2.80. The minimum absolute atomic E-state index is 1.33. The van der Waals surface area contributed by atoms with Crippen LogP contribution < -0.4 is 0 Å². The van der Waals surface area contributed by atoms with E-state index < -0.39 is 0 Å². The molecule has 1 heteroatoms. The van der Waals surface area contributed by atoms with Gasteiger partial charge in [0.05, 0.1) is 0 Å². The van der Waals surface area contributed by atoms with E-state index in [0.29, 0.717) is 0 Å². The van der Waals surface area contributed by atoms with Gasteiger partial charge in [-0.3, -0.25) is 0 Å². The molecule has 92 valence electrons. The van der Waals surface area contributed by atoms with Crippen molar-refractivity contribution in [2.45, 2.75) is 20.8 Å². The first-order chi connectivity index (χ1) is 8.77. The van der Waals surface area contributed by atoms with Gasteiger partial charge >= 0.3 is 0 Å². The first kappa shape index (κ1) is 12.8. The summed E-state index contributed by atoms with van der Waals surface area (Å²) in [6, 6.07) is 4.47. The minimum Gasteiger partial charge on any atom is -0.143 e. The molecule has 1 aromatic carbocycles. The van der Waals surface area contributed by atoms with E-state index in [-0.39, 0.29) is 0 Å². The van der Waals surface area contributed by atoms with E-state index in [1.807, 2.05) is 24.3 Å². The first-order valence-corrected chi connectivity index (χ1v) is 7.08. The summed E-state index contributed by atoms with van der Waals surface area (Å²) in [7, 11) is 0. The zero-order chi connectivity index (χ0) is 13.0. The molecular formula is C17H18S. The van der Waals surface area contributed by atoms with Crippen molar-refractivity contribution in [3.8, 4) is 0 Å². The van der Waals surface area contributed by atoms with Gasteiger partial charge in [0.25, 0.3) is 0 Å². The summed E-state index contributed by atoms with van der Waals surface area (Å²) in [6.07, 6.45) is 12.7. The van der Waals surface area contributed by atoms with Crippen molar-refractivity contribution < 1.29 is 0 Å². The molecule has 0 amide bonds. The fourth-order valence-corrected chi connectivity index (χ4v) is 3.03. The number of allylic oxidation sites excluding steroid dienone is 4. The molecule has 0 spiro atoms. The number of hydrogen-bond acceptors (Lipinski definition) is 1. The molecule has 0 fully saturated rings. The number of thiophene rings is 1. The third kappa shape index (κ3) is 2.46. The van der Waals surface area contributed by atoms with E-state index in [1.165, 1.54) is 26.8 Å². The van der Waals surface area contributed by atoms with Crippen LogP contribution in [0.1, 0.15) is 30.5 Å². The molecule has 2 aromatic rings. The van der Waals surface area contributed by atoms with E-state index in [1.54, 1.807) is 0 Å². The molecule has 18 heavy (non-hydrogen) atoms. The molecule has 0 nitrogen and oxygen atoms in total. The van der Waals surface area contributed by atoms with Crippen LogP contribution in [0.2, 0.25) is 0 Å². The summed E-state index contributed by atoms with van der Waals surface area (Å²) >= 11 is 1.81. The maximum Gasteiger partial charge on any atom is 0.0421 e. The highest BCUT2D eigenvalue weighted by molar-refractivity contribution is 7.17. The molecule has 1 heterocycles. The van der Waals surface area contributed by atoms with E-state index >= 15 is 0 Å². The first-order valence-electron chi connectivity index (χ1n) is 6.20. The van der Waals surface area contributed by atoms with Gasteiger partial charge in [-0.2, -0.15) is 0 Å². The summed E-state index contributed by atoms with van der Waals surface area (Å²) in [5, 5.41) is 3.50. The Morgan fingerprint density at radius 3 is 2.56 bits per heavy atom. The summed E-state index contributed by atoms with van der Waals surface area (Å²) in [5.74, 6) is 0. The number of fused-ring (bicyclic) bond motifs is 1. The lowest BCUT2D eigenvalue weighted by atomic mass is 9.98. The van der Waals surface area contributed by atoms with Crippen molar-refractivity contribution >= 4 is 33.6 Å². The van der Waals surface area contributed by atoms with E-state index in [4.69, 9.17) is 0 Å². The van der Waals surface area contributed by atoms with Crippen molar-refractivity contribution in [2.75, 3.05) is 0 Å². The summed E-state index contributed by atoms with van der Waals surface area (Å²) in [5.41, 5.74) is 3.99. The van der Waals surface area contributed by atoms with Crippen LogP contribution in [0.3, 0.4) is 0 Å². The Kier molecular flexibility index (Phi) is 4.16. The van der Waals surface area contributed by atoms with Crippen molar-refractivity contribution in [1.29, 1.82) is 0 Å². The minimum atomic E-state index is 1.33. The normalized spacial score (nSPS) is 12.6. The van der Waals surface area contributed by atoms with Gasteiger partial charge in [0.1, 0.15) is 0 Å². The van der Waals surface area contributed by atoms with Crippen molar-refractivity contribution in [3.63, 3.8) is 0 Å². The zero-order valence-electron chi connectivity index (χ0n) is 11.1. The highest BCUT2D eigenvalue weighted by Gasteiger charge is 2.07. The highest BCUT2D eigenvalue weighted by Crippen LogP contribution is 2.32. The second kappa shape index (κ2) is 5.83. The monoisotopic (exact) mass is 254 g/mol. The second-order valence-electron chi connectivity index (χ2n) is 4.24. The molecule has 0 N–H and O–H groups in total. The van der Waals surface area contributed by atoms with Gasteiger partial charge in [-0.1, -0.05) is 36.5 Å². The topological polar surface area (TPSA) is 0 Å². The highest BCUT2D eigenvalue weighted by atomic mass is 32.1. The van der Waals surface area contributed by atoms with Gasteiger partial charge in [-0.25, -0.2) is 0 Å². The molecule has 0 aliphatic carbocycles. The maximum atomic E-state index is 2.27. The van der Waals surface area contributed by atoms with Gasteiger partial charge in [-0.05, 0) is 60.4 Å². The largest absolute Gasteiger partial charge is 0.143 e. The molecule has 2 rings (SSSR count). The average molecular weight is 254 g/mol. The number of rotatable bonds is 3. The quantitative estimate of drug-likeness (QED) is 0.604. The van der Waals surface area contributed by atoms with E-state index in [2.05, 4.69) is 61.7 Å². The Bertz CT molecular complexity index is 624. The van der Waals surface area contributed by atoms with Crippen LogP contribution >= 0.6 is 11.3 Å². The molecule has 0 saturated carbocycles. The molecule has 0 unspecified atom stereocenters. The summed E-state index contributed by atoms with van der Waals surface area (Å²) in [6.45, 7) is 6.28. The predicted molar refractivity (Wildman–Crippen MR) is 85.1 cm³/mol. The number of aryl methyl sites for hydroxylation is 1. The standard InChI is InChI=1S/C17H18S/c1-4-6-7-9-16-15(8-5-2)13(3)12-14-10-11-18-17(14)16/h4-12H,1-3H3/b6-4+,8-5-,9-7+. The van der Waals surface area contributed by atoms with Crippen molar-refractivity contribution in [3.05, 3.63) is 58.5 Å². The summed E-state index contributed by atoms with van der Waals surface area (Å²) in [4.78, 5) is 0. The van der Waals surface area contributed by atoms with Gasteiger partial charge < -0.3 is 0 Å². The van der Waals surface area contributed by atoms with Crippen LogP contribution in [-0.2, 0) is 0 Å². The smallest absolute Gasteiger partial charge is 0.0421 e.